The molecule has 0 aliphatic rings. The average Bonchev–Trinajstić information content (AvgIpc) is 3.03. The minimum Gasteiger partial charge on any atom is -0.493 e. The fourth-order valence-electron chi connectivity index (χ4n) is 3.12. The molecule has 128 valence electrons. The Kier molecular flexibility index (Phi) is 4.05. The number of rotatable bonds is 3. The molecule has 0 aliphatic heterocycles. The van der Waals surface area contributed by atoms with Gasteiger partial charge in [0.1, 0.15) is 5.69 Å². The van der Waals surface area contributed by atoms with Crippen LogP contribution in [0.5, 0.6) is 5.88 Å². The van der Waals surface area contributed by atoms with E-state index in [9.17, 15) is 5.11 Å². The van der Waals surface area contributed by atoms with Gasteiger partial charge in [-0.05, 0) is 42.7 Å². The molecule has 1 aromatic heterocycles. The largest absolute Gasteiger partial charge is 0.493 e. The molecule has 0 atom stereocenters. The number of aryl methyl sites for hydroxylation is 2. The highest BCUT2D eigenvalue weighted by Gasteiger charge is 2.21. The van der Waals surface area contributed by atoms with Crippen LogP contribution in [0.3, 0.4) is 0 Å². The molecule has 3 aromatic carbocycles. The molecule has 0 amide bonds. The average molecular weight is 340 g/mol. The van der Waals surface area contributed by atoms with Crippen molar-refractivity contribution in [3.63, 3.8) is 0 Å². The molecule has 0 unspecified atom stereocenters. The summed E-state index contributed by atoms with van der Waals surface area (Å²) in [5, 5.41) is 15.8. The summed E-state index contributed by atoms with van der Waals surface area (Å²) in [7, 11) is 0. The van der Waals surface area contributed by atoms with Crippen LogP contribution in [-0.2, 0) is 0 Å². The first-order valence-corrected chi connectivity index (χ1v) is 8.65. The quantitative estimate of drug-likeness (QED) is 0.532. The molecule has 4 rings (SSSR count). The molecule has 26 heavy (non-hydrogen) atoms. The fraction of sp³-hybridized carbons (Fsp3) is 0.0870. The molecule has 0 saturated carbocycles. The number of benzene rings is 3. The van der Waals surface area contributed by atoms with Crippen LogP contribution in [0.2, 0.25) is 0 Å². The summed E-state index contributed by atoms with van der Waals surface area (Å²) >= 11 is 0. The Hall–Kier alpha value is -3.33. The number of hydrogen-bond donors (Lipinski definition) is 1. The van der Waals surface area contributed by atoms with Crippen molar-refractivity contribution in [2.75, 3.05) is 0 Å². The zero-order valence-electron chi connectivity index (χ0n) is 14.8. The van der Waals surface area contributed by atoms with Gasteiger partial charge in [-0.1, -0.05) is 66.7 Å². The Morgan fingerprint density at radius 2 is 1.35 bits per heavy atom. The number of nitrogens with zero attached hydrogens (tertiary/aromatic N) is 2. The summed E-state index contributed by atoms with van der Waals surface area (Å²) in [5.41, 5.74) is 6.67. The van der Waals surface area contributed by atoms with Crippen molar-refractivity contribution in [3.8, 4) is 34.0 Å². The molecule has 0 aliphatic carbocycles. The molecule has 4 aromatic rings. The van der Waals surface area contributed by atoms with Gasteiger partial charge in [-0.3, -0.25) is 0 Å². The van der Waals surface area contributed by atoms with Crippen molar-refractivity contribution in [3.05, 3.63) is 90.0 Å². The lowest BCUT2D eigenvalue weighted by Gasteiger charge is -2.07. The van der Waals surface area contributed by atoms with E-state index in [-0.39, 0.29) is 5.88 Å². The second-order valence-corrected chi connectivity index (χ2v) is 6.46. The van der Waals surface area contributed by atoms with E-state index in [4.69, 9.17) is 5.10 Å². The third kappa shape index (κ3) is 2.78. The second-order valence-electron chi connectivity index (χ2n) is 6.46. The molecule has 0 saturated heterocycles. The highest BCUT2D eigenvalue weighted by Crippen LogP contribution is 2.39. The van der Waals surface area contributed by atoms with Crippen LogP contribution in [0.1, 0.15) is 11.1 Å². The summed E-state index contributed by atoms with van der Waals surface area (Å²) in [6.45, 7) is 4.14. The van der Waals surface area contributed by atoms with E-state index in [1.165, 1.54) is 11.1 Å². The summed E-state index contributed by atoms with van der Waals surface area (Å²) < 4.78 is 1.62. The van der Waals surface area contributed by atoms with Gasteiger partial charge in [0.25, 0.3) is 0 Å². The van der Waals surface area contributed by atoms with Gasteiger partial charge < -0.3 is 5.11 Å². The zero-order valence-corrected chi connectivity index (χ0v) is 14.8. The first kappa shape index (κ1) is 16.2. The lowest BCUT2D eigenvalue weighted by Crippen LogP contribution is -1.97. The minimum absolute atomic E-state index is 0.151. The monoisotopic (exact) mass is 340 g/mol. The number of aromatic nitrogens is 2. The molecule has 0 fully saturated rings. The predicted octanol–water partition coefficient (Wildman–Crippen LogP) is 5.53. The van der Waals surface area contributed by atoms with Crippen molar-refractivity contribution in [2.45, 2.75) is 13.8 Å². The van der Waals surface area contributed by atoms with Gasteiger partial charge in [-0.2, -0.15) is 5.10 Å². The third-order valence-corrected chi connectivity index (χ3v) is 4.71. The Bertz CT molecular complexity index is 1050. The van der Waals surface area contributed by atoms with Crippen LogP contribution in [0, 0.1) is 13.8 Å². The summed E-state index contributed by atoms with van der Waals surface area (Å²) in [6, 6.07) is 25.9. The van der Waals surface area contributed by atoms with Crippen molar-refractivity contribution < 1.29 is 5.11 Å². The van der Waals surface area contributed by atoms with Crippen molar-refractivity contribution in [1.29, 1.82) is 0 Å². The fourth-order valence-corrected chi connectivity index (χ4v) is 3.12. The standard InChI is InChI=1S/C23H20N2O/c1-16-13-14-20(15-17(16)2)25-23(26)21(18-9-5-3-6-10-18)22(24-25)19-11-7-4-8-12-19/h3-15,26H,1-2H3. The zero-order chi connectivity index (χ0) is 18.1. The Balaban J connectivity index is 1.98. The lowest BCUT2D eigenvalue weighted by atomic mass is 10.0. The Morgan fingerprint density at radius 3 is 1.96 bits per heavy atom. The molecule has 3 nitrogen and oxygen atoms in total. The van der Waals surface area contributed by atoms with E-state index < -0.39 is 0 Å². The van der Waals surface area contributed by atoms with E-state index in [2.05, 4.69) is 19.9 Å². The maximum absolute atomic E-state index is 11.0. The van der Waals surface area contributed by atoms with Crippen molar-refractivity contribution in [1.82, 2.24) is 9.78 Å². The van der Waals surface area contributed by atoms with Gasteiger partial charge in [-0.15, -0.1) is 0 Å². The molecule has 3 heteroatoms. The smallest absolute Gasteiger partial charge is 0.222 e. The SMILES string of the molecule is Cc1ccc(-n2nc(-c3ccccc3)c(-c3ccccc3)c2O)cc1C. The van der Waals surface area contributed by atoms with Crippen LogP contribution < -0.4 is 0 Å². The van der Waals surface area contributed by atoms with Crippen LogP contribution in [0.4, 0.5) is 0 Å². The summed E-state index contributed by atoms with van der Waals surface area (Å²) in [5.74, 6) is 0.151. The highest BCUT2D eigenvalue weighted by atomic mass is 16.3. The van der Waals surface area contributed by atoms with Crippen LogP contribution in [-0.4, -0.2) is 14.9 Å². The molecular formula is C23H20N2O. The van der Waals surface area contributed by atoms with E-state index in [0.29, 0.717) is 0 Å². The Morgan fingerprint density at radius 1 is 0.731 bits per heavy atom. The predicted molar refractivity (Wildman–Crippen MR) is 106 cm³/mol. The maximum Gasteiger partial charge on any atom is 0.222 e. The highest BCUT2D eigenvalue weighted by molar-refractivity contribution is 5.85. The van der Waals surface area contributed by atoms with Gasteiger partial charge >= 0.3 is 0 Å². The first-order valence-electron chi connectivity index (χ1n) is 8.65. The van der Waals surface area contributed by atoms with E-state index >= 15 is 0 Å². The first-order chi connectivity index (χ1) is 12.6. The van der Waals surface area contributed by atoms with Crippen molar-refractivity contribution >= 4 is 0 Å². The van der Waals surface area contributed by atoms with Crippen LogP contribution in [0.15, 0.2) is 78.9 Å². The van der Waals surface area contributed by atoms with Crippen LogP contribution >= 0.6 is 0 Å². The minimum atomic E-state index is 0.151. The van der Waals surface area contributed by atoms with Gasteiger partial charge in [0.2, 0.25) is 5.88 Å². The third-order valence-electron chi connectivity index (χ3n) is 4.71. The maximum atomic E-state index is 11.0. The van der Waals surface area contributed by atoms with Gasteiger partial charge in [-0.25, -0.2) is 4.68 Å². The van der Waals surface area contributed by atoms with Crippen LogP contribution in [0.25, 0.3) is 28.1 Å². The van der Waals surface area contributed by atoms with E-state index in [0.717, 1.165) is 28.1 Å². The van der Waals surface area contributed by atoms with E-state index in [1.54, 1.807) is 4.68 Å². The molecular weight excluding hydrogens is 320 g/mol. The normalized spacial score (nSPS) is 10.8. The van der Waals surface area contributed by atoms with Gasteiger partial charge in [0.15, 0.2) is 0 Å². The number of aromatic hydroxyl groups is 1. The summed E-state index contributed by atoms with van der Waals surface area (Å²) in [6.07, 6.45) is 0. The van der Waals surface area contributed by atoms with Gasteiger partial charge in [0.05, 0.1) is 11.3 Å². The topological polar surface area (TPSA) is 38.0 Å². The van der Waals surface area contributed by atoms with Gasteiger partial charge in [0, 0.05) is 5.56 Å². The Labute approximate surface area is 153 Å². The molecule has 0 bridgehead atoms. The lowest BCUT2D eigenvalue weighted by molar-refractivity contribution is 0.435. The molecule has 1 heterocycles. The molecule has 0 spiro atoms. The molecule has 0 radical (unpaired) electrons. The number of hydrogen-bond acceptors (Lipinski definition) is 2. The summed E-state index contributed by atoms with van der Waals surface area (Å²) in [4.78, 5) is 0. The van der Waals surface area contributed by atoms with Crippen molar-refractivity contribution in [2.24, 2.45) is 0 Å². The second kappa shape index (κ2) is 6.52. The molecule has 1 N–H and O–H groups in total. The van der Waals surface area contributed by atoms with E-state index in [1.807, 2.05) is 72.8 Å².